The zero-order valence-electron chi connectivity index (χ0n) is 11.6. The molecule has 3 rings (SSSR count). The maximum Gasteiger partial charge on any atom is 0.335 e. The van der Waals surface area contributed by atoms with E-state index in [1.54, 1.807) is 17.4 Å². The average molecular weight is 302 g/mol. The standard InChI is InChI=1S/C15H14N2O3S/c1-8-3-6-13(21-8)9(2)16-15-17-11-5-4-10(14(18)19)7-12(11)20-15/h3-7,9H,1-2H3,(H,16,17)(H,18,19). The van der Waals surface area contributed by atoms with E-state index < -0.39 is 5.97 Å². The third-order valence-corrected chi connectivity index (χ3v) is 4.35. The number of carbonyl (C=O) groups is 1. The van der Waals surface area contributed by atoms with E-state index in [2.05, 4.69) is 29.4 Å². The minimum Gasteiger partial charge on any atom is -0.478 e. The van der Waals surface area contributed by atoms with Gasteiger partial charge in [0.15, 0.2) is 5.58 Å². The third kappa shape index (κ3) is 2.75. The quantitative estimate of drug-likeness (QED) is 0.760. The first-order valence-corrected chi connectivity index (χ1v) is 7.31. The lowest BCUT2D eigenvalue weighted by atomic mass is 10.2. The van der Waals surface area contributed by atoms with E-state index in [1.165, 1.54) is 21.9 Å². The van der Waals surface area contributed by atoms with Gasteiger partial charge in [-0.1, -0.05) is 0 Å². The summed E-state index contributed by atoms with van der Waals surface area (Å²) in [5.74, 6) is -0.981. The van der Waals surface area contributed by atoms with Crippen LogP contribution in [0.5, 0.6) is 0 Å². The number of benzene rings is 1. The van der Waals surface area contributed by atoms with E-state index in [0.29, 0.717) is 17.1 Å². The van der Waals surface area contributed by atoms with Gasteiger partial charge in [-0.3, -0.25) is 0 Å². The van der Waals surface area contributed by atoms with Gasteiger partial charge in [0, 0.05) is 9.75 Å². The Balaban J connectivity index is 1.85. The molecule has 0 spiro atoms. The predicted molar refractivity (Wildman–Crippen MR) is 82.1 cm³/mol. The van der Waals surface area contributed by atoms with Gasteiger partial charge in [-0.25, -0.2) is 4.79 Å². The van der Waals surface area contributed by atoms with Gasteiger partial charge in [0.2, 0.25) is 0 Å². The number of aryl methyl sites for hydroxylation is 1. The highest BCUT2D eigenvalue weighted by Crippen LogP contribution is 2.27. The fourth-order valence-electron chi connectivity index (χ4n) is 2.06. The molecule has 2 heterocycles. The average Bonchev–Trinajstić information content (AvgIpc) is 3.03. The summed E-state index contributed by atoms with van der Waals surface area (Å²) in [6.07, 6.45) is 0. The molecule has 0 radical (unpaired) electrons. The number of fused-ring (bicyclic) bond motifs is 1. The Bertz CT molecular complexity index is 806. The molecule has 0 aliphatic heterocycles. The van der Waals surface area contributed by atoms with Crippen molar-refractivity contribution in [2.24, 2.45) is 0 Å². The highest BCUT2D eigenvalue weighted by Gasteiger charge is 2.13. The number of carboxylic acids is 1. The second kappa shape index (κ2) is 5.21. The number of aromatic carboxylic acids is 1. The molecule has 1 aromatic carbocycles. The maximum absolute atomic E-state index is 10.9. The molecule has 5 nitrogen and oxygen atoms in total. The van der Waals surface area contributed by atoms with E-state index in [4.69, 9.17) is 9.52 Å². The van der Waals surface area contributed by atoms with Crippen molar-refractivity contribution in [3.05, 3.63) is 45.6 Å². The van der Waals surface area contributed by atoms with Crippen molar-refractivity contribution in [3.63, 3.8) is 0 Å². The summed E-state index contributed by atoms with van der Waals surface area (Å²) in [5.41, 5.74) is 1.29. The van der Waals surface area contributed by atoms with Gasteiger partial charge in [-0.05, 0) is 44.2 Å². The molecule has 0 aliphatic rings. The third-order valence-electron chi connectivity index (χ3n) is 3.16. The van der Waals surface area contributed by atoms with Gasteiger partial charge in [0.1, 0.15) is 5.52 Å². The molecule has 6 heteroatoms. The minimum absolute atomic E-state index is 0.0794. The van der Waals surface area contributed by atoms with E-state index in [9.17, 15) is 4.79 Å². The molecule has 2 aromatic heterocycles. The van der Waals surface area contributed by atoms with Gasteiger partial charge in [0.25, 0.3) is 6.01 Å². The van der Waals surface area contributed by atoms with Crippen LogP contribution in [0.15, 0.2) is 34.7 Å². The van der Waals surface area contributed by atoms with Crippen molar-refractivity contribution < 1.29 is 14.3 Å². The summed E-state index contributed by atoms with van der Waals surface area (Å²) >= 11 is 1.72. The van der Waals surface area contributed by atoms with Crippen LogP contribution in [-0.4, -0.2) is 16.1 Å². The van der Waals surface area contributed by atoms with Crippen molar-refractivity contribution in [3.8, 4) is 0 Å². The summed E-state index contributed by atoms with van der Waals surface area (Å²) < 4.78 is 5.58. The van der Waals surface area contributed by atoms with E-state index in [-0.39, 0.29) is 11.6 Å². The Kier molecular flexibility index (Phi) is 3.39. The van der Waals surface area contributed by atoms with Crippen LogP contribution in [0.4, 0.5) is 6.01 Å². The number of aromatic nitrogens is 1. The van der Waals surface area contributed by atoms with Gasteiger partial charge in [-0.15, -0.1) is 11.3 Å². The topological polar surface area (TPSA) is 75.4 Å². The fraction of sp³-hybridized carbons (Fsp3) is 0.200. The minimum atomic E-state index is -0.981. The molecule has 0 saturated carbocycles. The van der Waals surface area contributed by atoms with E-state index in [0.717, 1.165) is 0 Å². The number of anilines is 1. The van der Waals surface area contributed by atoms with Crippen LogP contribution in [0, 0.1) is 6.92 Å². The normalized spacial score (nSPS) is 12.5. The molecule has 21 heavy (non-hydrogen) atoms. The Morgan fingerprint density at radius 1 is 1.38 bits per heavy atom. The van der Waals surface area contributed by atoms with Crippen LogP contribution in [0.2, 0.25) is 0 Å². The van der Waals surface area contributed by atoms with Crippen molar-refractivity contribution in [1.29, 1.82) is 0 Å². The smallest absolute Gasteiger partial charge is 0.335 e. The predicted octanol–water partition coefficient (Wildman–Crippen LogP) is 4.07. The van der Waals surface area contributed by atoms with E-state index in [1.807, 2.05) is 6.92 Å². The molecule has 0 fully saturated rings. The molecule has 1 atom stereocenters. The highest BCUT2D eigenvalue weighted by molar-refractivity contribution is 7.12. The van der Waals surface area contributed by atoms with Gasteiger partial charge >= 0.3 is 5.97 Å². The van der Waals surface area contributed by atoms with Crippen LogP contribution in [0.1, 0.15) is 33.1 Å². The molecule has 0 amide bonds. The Labute approximate surface area is 125 Å². The molecule has 0 saturated heterocycles. The van der Waals surface area contributed by atoms with Crippen LogP contribution in [0.25, 0.3) is 11.1 Å². The monoisotopic (exact) mass is 302 g/mol. The number of carboxylic acid groups (broad SMARTS) is 1. The molecule has 0 aliphatic carbocycles. The molecule has 2 N–H and O–H groups in total. The highest BCUT2D eigenvalue weighted by atomic mass is 32.1. The largest absolute Gasteiger partial charge is 0.478 e. The number of thiophene rings is 1. The van der Waals surface area contributed by atoms with Crippen LogP contribution in [-0.2, 0) is 0 Å². The lowest BCUT2D eigenvalue weighted by Gasteiger charge is -2.09. The number of rotatable bonds is 4. The molecule has 0 bridgehead atoms. The Morgan fingerprint density at radius 3 is 2.86 bits per heavy atom. The molecular formula is C15H14N2O3S. The summed E-state index contributed by atoms with van der Waals surface area (Å²) in [4.78, 5) is 17.7. The summed E-state index contributed by atoms with van der Waals surface area (Å²) in [6, 6.07) is 9.26. The Hall–Kier alpha value is -2.34. The number of hydrogen-bond acceptors (Lipinski definition) is 5. The van der Waals surface area contributed by atoms with Crippen molar-refractivity contribution in [2.75, 3.05) is 5.32 Å². The summed E-state index contributed by atoms with van der Waals surface area (Å²) in [5, 5.41) is 12.2. The van der Waals surface area contributed by atoms with Crippen molar-refractivity contribution in [2.45, 2.75) is 19.9 Å². The van der Waals surface area contributed by atoms with Crippen LogP contribution in [0.3, 0.4) is 0 Å². The maximum atomic E-state index is 10.9. The second-order valence-electron chi connectivity index (χ2n) is 4.82. The fourth-order valence-corrected chi connectivity index (χ4v) is 2.94. The van der Waals surface area contributed by atoms with Crippen LogP contribution >= 0.6 is 11.3 Å². The van der Waals surface area contributed by atoms with Gasteiger partial charge in [-0.2, -0.15) is 4.98 Å². The van der Waals surface area contributed by atoms with E-state index >= 15 is 0 Å². The molecule has 1 unspecified atom stereocenters. The summed E-state index contributed by atoms with van der Waals surface area (Å²) in [6.45, 7) is 4.09. The SMILES string of the molecule is Cc1ccc(C(C)Nc2nc3ccc(C(=O)O)cc3o2)s1. The first-order valence-electron chi connectivity index (χ1n) is 6.49. The van der Waals surface area contributed by atoms with Crippen molar-refractivity contribution in [1.82, 2.24) is 4.98 Å². The summed E-state index contributed by atoms with van der Waals surface area (Å²) in [7, 11) is 0. The molecule has 108 valence electrons. The molecular weight excluding hydrogens is 288 g/mol. The second-order valence-corrected chi connectivity index (χ2v) is 6.14. The number of nitrogens with one attached hydrogen (secondary N) is 1. The van der Waals surface area contributed by atoms with Gasteiger partial charge < -0.3 is 14.8 Å². The number of nitrogens with zero attached hydrogens (tertiary/aromatic N) is 1. The molecule has 3 aromatic rings. The first-order chi connectivity index (χ1) is 10.0. The van der Waals surface area contributed by atoms with Crippen LogP contribution < -0.4 is 5.32 Å². The Morgan fingerprint density at radius 2 is 2.19 bits per heavy atom. The first kappa shape index (κ1) is 13.6. The zero-order valence-corrected chi connectivity index (χ0v) is 12.4. The lowest BCUT2D eigenvalue weighted by molar-refractivity contribution is 0.0697. The van der Waals surface area contributed by atoms with Gasteiger partial charge in [0.05, 0.1) is 11.6 Å². The zero-order chi connectivity index (χ0) is 15.0. The van der Waals surface area contributed by atoms with Crippen molar-refractivity contribution >= 4 is 34.4 Å². The number of oxazole rings is 1. The number of hydrogen-bond donors (Lipinski definition) is 2. The lowest BCUT2D eigenvalue weighted by Crippen LogP contribution is -2.04.